The molecule has 3 heterocycles. The minimum absolute atomic E-state index is 0.00227. The maximum absolute atomic E-state index is 13.3. The monoisotopic (exact) mass is 369 g/mol. The molecule has 2 amide bonds. The van der Waals surface area contributed by atoms with Gasteiger partial charge in [-0.15, -0.1) is 11.3 Å². The zero-order valence-corrected chi connectivity index (χ0v) is 15.7. The molecule has 0 bridgehead atoms. The molecule has 2 aliphatic rings. The van der Waals surface area contributed by atoms with E-state index >= 15 is 0 Å². The summed E-state index contributed by atoms with van der Waals surface area (Å²) in [6.45, 7) is 4.47. The van der Waals surface area contributed by atoms with Crippen molar-refractivity contribution < 1.29 is 9.59 Å². The molecule has 1 aliphatic carbocycles. The Balaban J connectivity index is 1.61. The topological polar surface area (TPSA) is 53.5 Å². The van der Waals surface area contributed by atoms with Gasteiger partial charge in [0.1, 0.15) is 0 Å². The van der Waals surface area contributed by atoms with Gasteiger partial charge in [0.15, 0.2) is 0 Å². The molecule has 1 fully saturated rings. The van der Waals surface area contributed by atoms with Crippen LogP contribution >= 0.6 is 11.3 Å². The summed E-state index contributed by atoms with van der Waals surface area (Å²) in [5.74, 6) is 0.373. The summed E-state index contributed by atoms with van der Waals surface area (Å²) in [7, 11) is 0. The number of likely N-dealkylation sites (N-methyl/N-ethyl adjacent to an activating group) is 1. The summed E-state index contributed by atoms with van der Waals surface area (Å²) >= 11 is 1.44. The largest absolute Gasteiger partial charge is 0.342 e. The molecule has 136 valence electrons. The maximum Gasteiger partial charge on any atom is 0.264 e. The number of hydrogen-bond donors (Lipinski definition) is 0. The van der Waals surface area contributed by atoms with Crippen LogP contribution in [0.3, 0.4) is 0 Å². The number of rotatable bonds is 5. The van der Waals surface area contributed by atoms with Crippen molar-refractivity contribution in [2.24, 2.45) is 5.92 Å². The summed E-state index contributed by atoms with van der Waals surface area (Å²) in [4.78, 5) is 35.1. The van der Waals surface area contributed by atoms with E-state index in [1.807, 2.05) is 41.5 Å². The van der Waals surface area contributed by atoms with E-state index in [0.29, 0.717) is 30.4 Å². The van der Waals surface area contributed by atoms with E-state index in [1.165, 1.54) is 24.2 Å². The molecule has 0 radical (unpaired) electrons. The van der Waals surface area contributed by atoms with Crippen LogP contribution < -0.4 is 0 Å². The lowest BCUT2D eigenvalue weighted by Crippen LogP contribution is -2.46. The number of amides is 2. The van der Waals surface area contributed by atoms with Crippen LogP contribution in [0.15, 0.2) is 35.8 Å². The molecular formula is C20H23N3O2S. The number of thiophene rings is 1. The van der Waals surface area contributed by atoms with Crippen molar-refractivity contribution >= 4 is 23.2 Å². The Labute approximate surface area is 157 Å². The lowest BCUT2D eigenvalue weighted by Gasteiger charge is -2.35. The molecule has 5 nitrogen and oxygen atoms in total. The van der Waals surface area contributed by atoms with Crippen LogP contribution in [0, 0.1) is 5.92 Å². The van der Waals surface area contributed by atoms with Gasteiger partial charge in [-0.1, -0.05) is 12.1 Å². The van der Waals surface area contributed by atoms with Gasteiger partial charge in [-0.05, 0) is 48.8 Å². The Morgan fingerprint density at radius 3 is 2.85 bits per heavy atom. The van der Waals surface area contributed by atoms with Gasteiger partial charge in [-0.2, -0.15) is 0 Å². The second kappa shape index (κ2) is 7.19. The van der Waals surface area contributed by atoms with Crippen molar-refractivity contribution in [1.82, 2.24) is 14.8 Å². The van der Waals surface area contributed by atoms with Gasteiger partial charge in [0.25, 0.3) is 5.91 Å². The Morgan fingerprint density at radius 1 is 1.31 bits per heavy atom. The van der Waals surface area contributed by atoms with Crippen molar-refractivity contribution in [3.05, 3.63) is 52.0 Å². The standard InChI is InChI=1S/C20H23N3O2S/c1-2-22(11-14-7-8-14)19(24)16-13-23(20(25)17-6-4-10-26-17)12-15-5-3-9-21-18(15)16/h3-6,9-10,14,16H,2,7-8,11-13H2,1H3. The van der Waals surface area contributed by atoms with E-state index in [4.69, 9.17) is 0 Å². The number of hydrogen-bond acceptors (Lipinski definition) is 4. The molecular weight excluding hydrogens is 346 g/mol. The first-order chi connectivity index (χ1) is 12.7. The number of carbonyl (C=O) groups is 2. The fourth-order valence-electron chi connectivity index (χ4n) is 3.59. The number of carbonyl (C=O) groups excluding carboxylic acids is 2. The maximum atomic E-state index is 13.3. The van der Waals surface area contributed by atoms with Crippen molar-refractivity contribution in [1.29, 1.82) is 0 Å². The molecule has 0 spiro atoms. The first-order valence-electron chi connectivity index (χ1n) is 9.22. The van der Waals surface area contributed by atoms with Gasteiger partial charge in [0, 0.05) is 32.4 Å². The Kier molecular flexibility index (Phi) is 4.76. The average molecular weight is 369 g/mol. The molecule has 4 rings (SSSR count). The lowest BCUT2D eigenvalue weighted by atomic mass is 9.93. The third-order valence-electron chi connectivity index (χ3n) is 5.21. The van der Waals surface area contributed by atoms with Crippen LogP contribution in [0.5, 0.6) is 0 Å². The molecule has 2 aromatic rings. The van der Waals surface area contributed by atoms with E-state index in [0.717, 1.165) is 17.8 Å². The average Bonchev–Trinajstić information content (AvgIpc) is 3.33. The zero-order chi connectivity index (χ0) is 18.1. The minimum Gasteiger partial charge on any atom is -0.342 e. The first-order valence-corrected chi connectivity index (χ1v) is 10.1. The fourth-order valence-corrected chi connectivity index (χ4v) is 4.28. The summed E-state index contributed by atoms with van der Waals surface area (Å²) < 4.78 is 0. The first kappa shape index (κ1) is 17.2. The SMILES string of the molecule is CCN(CC1CC1)C(=O)C1CN(C(=O)c2cccs2)Cc2cccnc21. The highest BCUT2D eigenvalue weighted by atomic mass is 32.1. The van der Waals surface area contributed by atoms with Gasteiger partial charge in [0.2, 0.25) is 5.91 Å². The molecule has 0 aromatic carbocycles. The van der Waals surface area contributed by atoms with Crippen LogP contribution in [0.4, 0.5) is 0 Å². The Bertz CT molecular complexity index is 801. The summed E-state index contributed by atoms with van der Waals surface area (Å²) in [6, 6.07) is 7.58. The normalized spacial score (nSPS) is 19.1. The predicted molar refractivity (Wildman–Crippen MR) is 101 cm³/mol. The molecule has 1 aliphatic heterocycles. The van der Waals surface area contributed by atoms with Crippen LogP contribution in [0.2, 0.25) is 0 Å². The number of fused-ring (bicyclic) bond motifs is 1. The van der Waals surface area contributed by atoms with Crippen molar-refractivity contribution in [3.63, 3.8) is 0 Å². The van der Waals surface area contributed by atoms with Gasteiger partial charge >= 0.3 is 0 Å². The zero-order valence-electron chi connectivity index (χ0n) is 14.9. The Hall–Kier alpha value is -2.21. The Morgan fingerprint density at radius 2 is 2.15 bits per heavy atom. The molecule has 1 atom stereocenters. The van der Waals surface area contributed by atoms with Crippen LogP contribution in [-0.4, -0.2) is 46.2 Å². The molecule has 2 aromatic heterocycles. The second-order valence-electron chi connectivity index (χ2n) is 7.08. The van der Waals surface area contributed by atoms with Crippen molar-refractivity contribution in [3.8, 4) is 0 Å². The summed E-state index contributed by atoms with van der Waals surface area (Å²) in [6.07, 6.45) is 4.17. The third kappa shape index (κ3) is 3.38. The van der Waals surface area contributed by atoms with E-state index in [9.17, 15) is 9.59 Å². The minimum atomic E-state index is -0.373. The van der Waals surface area contributed by atoms with Gasteiger partial charge in [0.05, 0.1) is 16.5 Å². The highest BCUT2D eigenvalue weighted by Gasteiger charge is 2.37. The molecule has 0 N–H and O–H groups in total. The summed E-state index contributed by atoms with van der Waals surface area (Å²) in [5, 5.41) is 1.91. The number of pyridine rings is 1. The number of aromatic nitrogens is 1. The molecule has 0 saturated heterocycles. The highest BCUT2D eigenvalue weighted by Crippen LogP contribution is 2.33. The van der Waals surface area contributed by atoms with Gasteiger partial charge in [-0.3, -0.25) is 14.6 Å². The molecule has 1 saturated carbocycles. The fraction of sp³-hybridized carbons (Fsp3) is 0.450. The van der Waals surface area contributed by atoms with Crippen LogP contribution in [0.1, 0.15) is 46.6 Å². The number of nitrogens with zero attached hydrogens (tertiary/aromatic N) is 3. The third-order valence-corrected chi connectivity index (χ3v) is 6.06. The molecule has 1 unspecified atom stereocenters. The van der Waals surface area contributed by atoms with Crippen molar-refractivity contribution in [2.75, 3.05) is 19.6 Å². The van der Waals surface area contributed by atoms with E-state index in [2.05, 4.69) is 4.98 Å². The molecule has 26 heavy (non-hydrogen) atoms. The molecule has 6 heteroatoms. The van der Waals surface area contributed by atoms with E-state index < -0.39 is 0 Å². The van der Waals surface area contributed by atoms with E-state index in [-0.39, 0.29) is 17.7 Å². The lowest BCUT2D eigenvalue weighted by molar-refractivity contribution is -0.133. The van der Waals surface area contributed by atoms with Crippen molar-refractivity contribution in [2.45, 2.75) is 32.2 Å². The summed E-state index contributed by atoms with van der Waals surface area (Å²) in [5.41, 5.74) is 1.81. The van der Waals surface area contributed by atoms with Crippen LogP contribution in [0.25, 0.3) is 0 Å². The smallest absolute Gasteiger partial charge is 0.264 e. The quantitative estimate of drug-likeness (QED) is 0.814. The second-order valence-corrected chi connectivity index (χ2v) is 8.03. The van der Waals surface area contributed by atoms with Gasteiger partial charge < -0.3 is 9.80 Å². The van der Waals surface area contributed by atoms with Crippen LogP contribution in [-0.2, 0) is 11.3 Å². The van der Waals surface area contributed by atoms with Gasteiger partial charge in [-0.25, -0.2) is 0 Å². The highest BCUT2D eigenvalue weighted by molar-refractivity contribution is 7.12. The van der Waals surface area contributed by atoms with E-state index in [1.54, 1.807) is 11.1 Å². The predicted octanol–water partition coefficient (Wildman–Crippen LogP) is 3.14.